The highest BCUT2D eigenvalue weighted by molar-refractivity contribution is 9.10. The Morgan fingerprint density at radius 2 is 1.79 bits per heavy atom. The minimum absolute atomic E-state index is 0.164. The van der Waals surface area contributed by atoms with E-state index in [2.05, 4.69) is 21.2 Å². The third kappa shape index (κ3) is 4.39. The number of nitrogens with one attached hydrogen (secondary N) is 1. The molecular formula is C21H21BrN2O4S. The van der Waals surface area contributed by atoms with Crippen LogP contribution < -0.4 is 5.32 Å². The molecule has 2 aromatic carbocycles. The molecule has 0 spiro atoms. The summed E-state index contributed by atoms with van der Waals surface area (Å²) in [7, 11) is -3.47. The van der Waals surface area contributed by atoms with E-state index in [0.717, 1.165) is 40.3 Å². The zero-order valence-corrected chi connectivity index (χ0v) is 18.1. The third-order valence-corrected chi connectivity index (χ3v) is 7.46. The number of carbonyl (C=O) groups is 1. The first kappa shape index (κ1) is 20.1. The van der Waals surface area contributed by atoms with Crippen LogP contribution >= 0.6 is 15.9 Å². The molecule has 0 unspecified atom stereocenters. The largest absolute Gasteiger partial charge is 0.464 e. The second-order valence-corrected chi connectivity index (χ2v) is 9.97. The van der Waals surface area contributed by atoms with Gasteiger partial charge in [-0.2, -0.15) is 4.31 Å². The Balaban J connectivity index is 1.44. The molecule has 8 heteroatoms. The lowest BCUT2D eigenvalue weighted by atomic mass is 10.1. The van der Waals surface area contributed by atoms with Crippen molar-refractivity contribution in [2.45, 2.75) is 30.6 Å². The number of benzene rings is 2. The third-order valence-electron chi connectivity index (χ3n) is 5.06. The van der Waals surface area contributed by atoms with Crippen LogP contribution in [0, 0.1) is 0 Å². The molecule has 6 nitrogen and oxygen atoms in total. The van der Waals surface area contributed by atoms with Crippen LogP contribution in [0.15, 0.2) is 62.5 Å². The molecule has 29 heavy (non-hydrogen) atoms. The first-order valence-corrected chi connectivity index (χ1v) is 11.7. The van der Waals surface area contributed by atoms with Crippen LogP contribution in [0.2, 0.25) is 0 Å². The standard InChI is InChI=1S/C21H21BrN2O4S/c22-16-4-9-20-19(13-16)15(14-28-20)12-21(25)23-17-5-7-18(8-6-17)29(26,27)24-10-2-1-3-11-24/h4-9,13-14H,1-3,10-12H2,(H,23,25). The Morgan fingerprint density at radius 3 is 2.52 bits per heavy atom. The number of anilines is 1. The second-order valence-electron chi connectivity index (χ2n) is 7.12. The highest BCUT2D eigenvalue weighted by Crippen LogP contribution is 2.26. The fourth-order valence-electron chi connectivity index (χ4n) is 3.53. The Kier molecular flexibility index (Phi) is 5.76. The molecule has 1 aromatic heterocycles. The van der Waals surface area contributed by atoms with Crippen LogP contribution in [0.1, 0.15) is 24.8 Å². The number of hydrogen-bond donors (Lipinski definition) is 1. The number of amides is 1. The first-order valence-electron chi connectivity index (χ1n) is 9.49. The summed E-state index contributed by atoms with van der Waals surface area (Å²) in [5.41, 5.74) is 2.08. The van der Waals surface area contributed by atoms with Gasteiger partial charge in [0.15, 0.2) is 0 Å². The number of halogens is 1. The van der Waals surface area contributed by atoms with Crippen molar-refractivity contribution in [3.05, 3.63) is 58.8 Å². The van der Waals surface area contributed by atoms with Gasteiger partial charge in [0, 0.05) is 34.2 Å². The maximum atomic E-state index is 12.7. The molecule has 152 valence electrons. The average molecular weight is 477 g/mol. The number of carbonyl (C=O) groups excluding carboxylic acids is 1. The SMILES string of the molecule is O=C(Cc1coc2ccc(Br)cc12)Nc1ccc(S(=O)(=O)N2CCCCC2)cc1. The summed E-state index contributed by atoms with van der Waals surface area (Å²) in [4.78, 5) is 12.7. The molecule has 1 amide bonds. The molecule has 3 aromatic rings. The predicted octanol–water partition coefficient (Wildman–Crippen LogP) is 4.55. The molecule has 1 aliphatic heterocycles. The lowest BCUT2D eigenvalue weighted by Gasteiger charge is -2.25. The maximum Gasteiger partial charge on any atom is 0.243 e. The summed E-state index contributed by atoms with van der Waals surface area (Å²) in [6.07, 6.45) is 4.61. The molecule has 1 fully saturated rings. The van der Waals surface area contributed by atoms with Crippen molar-refractivity contribution in [3.63, 3.8) is 0 Å². The second kappa shape index (κ2) is 8.30. The Morgan fingerprint density at radius 1 is 1.07 bits per heavy atom. The summed E-state index contributed by atoms with van der Waals surface area (Å²) in [5.74, 6) is -0.195. The predicted molar refractivity (Wildman–Crippen MR) is 115 cm³/mol. The zero-order valence-electron chi connectivity index (χ0n) is 15.7. The molecule has 0 atom stereocenters. The van der Waals surface area contributed by atoms with Crippen LogP contribution in [-0.2, 0) is 21.2 Å². The molecular weight excluding hydrogens is 456 g/mol. The Labute approximate surface area is 178 Å². The summed E-state index contributed by atoms with van der Waals surface area (Å²) in [6, 6.07) is 12.0. The topological polar surface area (TPSA) is 79.6 Å². The van der Waals surface area contributed by atoms with Gasteiger partial charge in [0.25, 0.3) is 0 Å². The maximum absolute atomic E-state index is 12.7. The van der Waals surface area contributed by atoms with Gasteiger partial charge in [0.05, 0.1) is 17.6 Å². The Bertz CT molecular complexity index is 1130. The van der Waals surface area contributed by atoms with Crippen molar-refractivity contribution < 1.29 is 17.6 Å². The van der Waals surface area contributed by atoms with Gasteiger partial charge in [-0.25, -0.2) is 8.42 Å². The average Bonchev–Trinajstić information content (AvgIpc) is 3.11. The molecule has 2 heterocycles. The minimum Gasteiger partial charge on any atom is -0.464 e. The van der Waals surface area contributed by atoms with Crippen LogP contribution in [0.5, 0.6) is 0 Å². The van der Waals surface area contributed by atoms with Gasteiger partial charge in [-0.05, 0) is 55.3 Å². The lowest BCUT2D eigenvalue weighted by Crippen LogP contribution is -2.35. The molecule has 0 radical (unpaired) electrons. The summed E-state index contributed by atoms with van der Waals surface area (Å²) in [5, 5.41) is 3.70. The van der Waals surface area contributed by atoms with E-state index in [-0.39, 0.29) is 17.2 Å². The highest BCUT2D eigenvalue weighted by Gasteiger charge is 2.25. The molecule has 1 aliphatic rings. The van der Waals surface area contributed by atoms with Crippen LogP contribution in [0.3, 0.4) is 0 Å². The van der Waals surface area contributed by atoms with Gasteiger partial charge in [-0.15, -0.1) is 0 Å². The highest BCUT2D eigenvalue weighted by atomic mass is 79.9. The van der Waals surface area contributed by atoms with E-state index in [9.17, 15) is 13.2 Å². The molecule has 0 bridgehead atoms. The monoisotopic (exact) mass is 476 g/mol. The van der Waals surface area contributed by atoms with Crippen molar-refractivity contribution in [1.82, 2.24) is 4.31 Å². The number of sulfonamides is 1. The van der Waals surface area contributed by atoms with Gasteiger partial charge in [-0.1, -0.05) is 22.4 Å². The normalized spacial score (nSPS) is 15.5. The van der Waals surface area contributed by atoms with Crippen LogP contribution in [0.4, 0.5) is 5.69 Å². The van der Waals surface area contributed by atoms with Gasteiger partial charge in [0.2, 0.25) is 15.9 Å². The number of furan rings is 1. The molecule has 0 saturated carbocycles. The van der Waals surface area contributed by atoms with Crippen LogP contribution in [-0.4, -0.2) is 31.7 Å². The summed E-state index contributed by atoms with van der Waals surface area (Å²) < 4.78 is 33.4. The number of fused-ring (bicyclic) bond motifs is 1. The van der Waals surface area contributed by atoms with Crippen molar-refractivity contribution in [3.8, 4) is 0 Å². The molecule has 0 aliphatic carbocycles. The Hall–Kier alpha value is -2.16. The van der Waals surface area contributed by atoms with E-state index in [1.165, 1.54) is 4.31 Å². The molecule has 1 saturated heterocycles. The smallest absolute Gasteiger partial charge is 0.243 e. The zero-order chi connectivity index (χ0) is 20.4. The van der Waals surface area contributed by atoms with Crippen molar-refractivity contribution >= 4 is 48.5 Å². The van der Waals surface area contributed by atoms with Gasteiger partial charge in [0.1, 0.15) is 5.58 Å². The fraction of sp³-hybridized carbons (Fsp3) is 0.286. The lowest BCUT2D eigenvalue weighted by molar-refractivity contribution is -0.115. The fourth-order valence-corrected chi connectivity index (χ4v) is 5.41. The summed E-state index contributed by atoms with van der Waals surface area (Å²) >= 11 is 3.43. The number of nitrogens with zero attached hydrogens (tertiary/aromatic N) is 1. The van der Waals surface area contributed by atoms with E-state index in [4.69, 9.17) is 4.42 Å². The first-order chi connectivity index (χ1) is 13.9. The van der Waals surface area contributed by atoms with Gasteiger partial charge in [-0.3, -0.25) is 4.79 Å². The van der Waals surface area contributed by atoms with E-state index >= 15 is 0 Å². The number of rotatable bonds is 5. The quantitative estimate of drug-likeness (QED) is 0.585. The van der Waals surface area contributed by atoms with E-state index in [0.29, 0.717) is 18.8 Å². The van der Waals surface area contributed by atoms with Crippen molar-refractivity contribution in [2.75, 3.05) is 18.4 Å². The minimum atomic E-state index is -3.47. The van der Waals surface area contributed by atoms with E-state index in [1.807, 2.05) is 18.2 Å². The number of piperidine rings is 1. The van der Waals surface area contributed by atoms with E-state index in [1.54, 1.807) is 30.5 Å². The van der Waals surface area contributed by atoms with Crippen molar-refractivity contribution in [2.24, 2.45) is 0 Å². The number of hydrogen-bond acceptors (Lipinski definition) is 4. The van der Waals surface area contributed by atoms with Gasteiger partial charge < -0.3 is 9.73 Å². The van der Waals surface area contributed by atoms with Crippen molar-refractivity contribution in [1.29, 1.82) is 0 Å². The molecule has 1 N–H and O–H groups in total. The van der Waals surface area contributed by atoms with Gasteiger partial charge >= 0.3 is 0 Å². The van der Waals surface area contributed by atoms with E-state index < -0.39 is 10.0 Å². The summed E-state index contributed by atoms with van der Waals surface area (Å²) in [6.45, 7) is 1.13. The molecule has 4 rings (SSSR count). The van der Waals surface area contributed by atoms with Crippen LogP contribution in [0.25, 0.3) is 11.0 Å².